The van der Waals surface area contributed by atoms with E-state index >= 15 is 0 Å². The number of rotatable bonds is 6. The Kier molecular flexibility index (Phi) is 6.42. The van der Waals surface area contributed by atoms with Crippen molar-refractivity contribution < 1.29 is 10.0 Å². The highest BCUT2D eigenvalue weighted by atomic mass is 16.6. The second-order valence-corrected chi connectivity index (χ2v) is 8.46. The number of nitrogens with zero attached hydrogens (tertiary/aromatic N) is 4. The summed E-state index contributed by atoms with van der Waals surface area (Å²) in [6.45, 7) is 11.0. The fourth-order valence-electron chi connectivity index (χ4n) is 3.92. The molecule has 0 aromatic heterocycles. The Hall–Kier alpha value is -1.90. The minimum absolute atomic E-state index is 0.0270. The van der Waals surface area contributed by atoms with Gasteiger partial charge in [0.2, 0.25) is 0 Å². The third-order valence-corrected chi connectivity index (χ3v) is 5.64. The maximum Gasteiger partial charge on any atom is 0.294 e. The average molecular weight is 391 g/mol. The normalized spacial score (nSPS) is 20.4. The first-order valence-electron chi connectivity index (χ1n) is 10.0. The second kappa shape index (κ2) is 8.63. The first kappa shape index (κ1) is 20.8. The van der Waals surface area contributed by atoms with Gasteiger partial charge >= 0.3 is 0 Å². The predicted octanol–water partition coefficient (Wildman–Crippen LogP) is 2.16. The quantitative estimate of drug-likeness (QED) is 0.569. The standard InChI is InChI=1S/C20H32N5O3/c1-20(2,26)15-21-18-5-4-17(14-19(18)25(27)28)23-8-6-16(7-9-23)24-12-10-22(3)11-13-24/h4-5,14-16,21,26H,6-13H2,1-3H3. The van der Waals surface area contributed by atoms with Gasteiger partial charge in [0.15, 0.2) is 0 Å². The zero-order chi connectivity index (χ0) is 20.3. The lowest BCUT2D eigenvalue weighted by molar-refractivity contribution is -0.383. The van der Waals surface area contributed by atoms with E-state index in [1.165, 1.54) is 6.54 Å². The number of anilines is 2. The van der Waals surface area contributed by atoms with Gasteiger partial charge in [0, 0.05) is 57.1 Å². The van der Waals surface area contributed by atoms with Crippen molar-refractivity contribution in [3.63, 3.8) is 0 Å². The second-order valence-electron chi connectivity index (χ2n) is 8.46. The van der Waals surface area contributed by atoms with Gasteiger partial charge in [0.25, 0.3) is 5.69 Å². The molecule has 0 amide bonds. The highest BCUT2D eigenvalue weighted by Gasteiger charge is 2.28. The first-order chi connectivity index (χ1) is 13.2. The molecule has 0 atom stereocenters. The maximum absolute atomic E-state index is 11.5. The fraction of sp³-hybridized carbons (Fsp3) is 0.650. The number of nitro groups is 1. The van der Waals surface area contributed by atoms with Crippen LogP contribution in [-0.4, -0.2) is 77.8 Å². The third-order valence-electron chi connectivity index (χ3n) is 5.64. The Morgan fingerprint density at radius 1 is 1.18 bits per heavy atom. The average Bonchev–Trinajstić information content (AvgIpc) is 2.66. The molecular weight excluding hydrogens is 358 g/mol. The molecule has 8 nitrogen and oxygen atoms in total. The van der Waals surface area contributed by atoms with Gasteiger partial charge in [-0.05, 0) is 45.9 Å². The van der Waals surface area contributed by atoms with Crippen molar-refractivity contribution in [2.75, 3.05) is 56.5 Å². The van der Waals surface area contributed by atoms with E-state index < -0.39 is 5.60 Å². The van der Waals surface area contributed by atoms with Gasteiger partial charge in [-0.15, -0.1) is 0 Å². The monoisotopic (exact) mass is 390 g/mol. The topological polar surface area (TPSA) is 85.1 Å². The number of hydrogen-bond acceptors (Lipinski definition) is 7. The van der Waals surface area contributed by atoms with Crippen LogP contribution in [0.4, 0.5) is 17.1 Å². The minimum Gasteiger partial charge on any atom is -0.388 e. The van der Waals surface area contributed by atoms with Crippen LogP contribution in [0.2, 0.25) is 0 Å². The Bertz CT molecular complexity index is 675. The molecule has 2 heterocycles. The van der Waals surface area contributed by atoms with Gasteiger partial charge in [-0.1, -0.05) is 0 Å². The Labute approximate surface area is 167 Å². The van der Waals surface area contributed by atoms with Crippen LogP contribution >= 0.6 is 0 Å². The lowest BCUT2D eigenvalue weighted by Gasteiger charge is -2.42. The zero-order valence-corrected chi connectivity index (χ0v) is 17.1. The lowest BCUT2D eigenvalue weighted by Crippen LogP contribution is -2.52. The summed E-state index contributed by atoms with van der Waals surface area (Å²) < 4.78 is 0. The van der Waals surface area contributed by atoms with Crippen LogP contribution in [0.3, 0.4) is 0 Å². The van der Waals surface area contributed by atoms with Crippen LogP contribution in [0.25, 0.3) is 0 Å². The SMILES string of the molecule is CN1CCN(C2CCN(c3ccc(N[CH]C(C)(C)O)c([N+](=O)[O-])c3)CC2)CC1. The van der Waals surface area contributed by atoms with E-state index in [9.17, 15) is 15.2 Å². The number of piperazine rings is 1. The molecule has 0 unspecified atom stereocenters. The maximum atomic E-state index is 11.5. The van der Waals surface area contributed by atoms with Crippen molar-refractivity contribution >= 4 is 17.1 Å². The molecule has 2 N–H and O–H groups in total. The van der Waals surface area contributed by atoms with E-state index in [0.717, 1.165) is 57.8 Å². The Morgan fingerprint density at radius 3 is 2.39 bits per heavy atom. The number of likely N-dealkylation sites (N-methyl/N-ethyl adjacent to an activating group) is 1. The summed E-state index contributed by atoms with van der Waals surface area (Å²) in [4.78, 5) is 18.4. The minimum atomic E-state index is -1.06. The van der Waals surface area contributed by atoms with E-state index in [0.29, 0.717) is 11.7 Å². The first-order valence-corrected chi connectivity index (χ1v) is 10.0. The lowest BCUT2D eigenvalue weighted by atomic mass is 10.0. The number of piperidine rings is 1. The van der Waals surface area contributed by atoms with Crippen molar-refractivity contribution in [2.24, 2.45) is 0 Å². The number of nitro benzene ring substituents is 1. The van der Waals surface area contributed by atoms with Gasteiger partial charge < -0.3 is 20.2 Å². The Balaban J connectivity index is 1.62. The largest absolute Gasteiger partial charge is 0.388 e. The molecule has 1 aromatic rings. The van der Waals surface area contributed by atoms with Crippen molar-refractivity contribution in [2.45, 2.75) is 38.3 Å². The molecule has 2 fully saturated rings. The Morgan fingerprint density at radius 2 is 1.82 bits per heavy atom. The fourth-order valence-corrected chi connectivity index (χ4v) is 3.92. The van der Waals surface area contributed by atoms with Crippen LogP contribution in [0.1, 0.15) is 26.7 Å². The molecule has 3 rings (SSSR count). The summed E-state index contributed by atoms with van der Waals surface area (Å²) in [5.41, 5.74) is 0.247. The number of aliphatic hydroxyl groups is 1. The molecule has 1 aromatic carbocycles. The molecule has 28 heavy (non-hydrogen) atoms. The van der Waals surface area contributed by atoms with Gasteiger partial charge in [-0.3, -0.25) is 15.0 Å². The van der Waals surface area contributed by atoms with E-state index in [4.69, 9.17) is 0 Å². The van der Waals surface area contributed by atoms with Gasteiger partial charge in [-0.2, -0.15) is 0 Å². The number of hydrogen-bond donors (Lipinski definition) is 2. The molecule has 1 radical (unpaired) electrons. The van der Waals surface area contributed by atoms with Crippen molar-refractivity contribution in [3.05, 3.63) is 34.9 Å². The van der Waals surface area contributed by atoms with Crippen molar-refractivity contribution in [3.8, 4) is 0 Å². The summed E-state index contributed by atoms with van der Waals surface area (Å²) >= 11 is 0. The molecule has 0 bridgehead atoms. The van der Waals surface area contributed by atoms with E-state index in [2.05, 4.69) is 27.1 Å². The van der Waals surface area contributed by atoms with E-state index in [-0.39, 0.29) is 10.6 Å². The van der Waals surface area contributed by atoms with Crippen LogP contribution in [0, 0.1) is 16.7 Å². The highest BCUT2D eigenvalue weighted by molar-refractivity contribution is 5.69. The molecule has 0 spiro atoms. The summed E-state index contributed by atoms with van der Waals surface area (Å²) in [6.07, 6.45) is 2.17. The molecule has 8 heteroatoms. The van der Waals surface area contributed by atoms with Gasteiger partial charge in [0.05, 0.1) is 17.1 Å². The molecule has 2 saturated heterocycles. The summed E-state index contributed by atoms with van der Waals surface area (Å²) in [7, 11) is 2.17. The summed E-state index contributed by atoms with van der Waals surface area (Å²) in [5, 5.41) is 24.2. The third kappa shape index (κ3) is 5.33. The van der Waals surface area contributed by atoms with E-state index in [1.807, 2.05) is 6.07 Å². The zero-order valence-electron chi connectivity index (χ0n) is 17.1. The van der Waals surface area contributed by atoms with Crippen molar-refractivity contribution in [1.29, 1.82) is 0 Å². The molecule has 0 aliphatic carbocycles. The van der Waals surface area contributed by atoms with E-state index in [1.54, 1.807) is 26.0 Å². The van der Waals surface area contributed by atoms with Crippen LogP contribution in [0.15, 0.2) is 18.2 Å². The predicted molar refractivity (Wildman–Crippen MR) is 112 cm³/mol. The summed E-state index contributed by atoms with van der Waals surface area (Å²) in [6, 6.07) is 5.89. The molecule has 0 saturated carbocycles. The molecule has 2 aliphatic heterocycles. The molecule has 2 aliphatic rings. The number of nitrogens with one attached hydrogen (secondary N) is 1. The van der Waals surface area contributed by atoms with Crippen molar-refractivity contribution in [1.82, 2.24) is 9.80 Å². The molecule has 155 valence electrons. The van der Waals surface area contributed by atoms with Gasteiger partial charge in [-0.25, -0.2) is 0 Å². The van der Waals surface area contributed by atoms with Crippen LogP contribution in [-0.2, 0) is 0 Å². The molecular formula is C20H32N5O3. The summed E-state index contributed by atoms with van der Waals surface area (Å²) in [5.74, 6) is 0. The smallest absolute Gasteiger partial charge is 0.294 e. The van der Waals surface area contributed by atoms with Gasteiger partial charge in [0.1, 0.15) is 5.69 Å². The van der Waals surface area contributed by atoms with Crippen LogP contribution in [0.5, 0.6) is 0 Å². The highest BCUT2D eigenvalue weighted by Crippen LogP contribution is 2.32. The number of benzene rings is 1. The van der Waals surface area contributed by atoms with Crippen LogP contribution < -0.4 is 10.2 Å².